The monoisotopic (exact) mass is 530 g/mol. The van der Waals surface area contributed by atoms with Crippen LogP contribution in [0.2, 0.25) is 0 Å². The third kappa shape index (κ3) is 11.8. The van der Waals surface area contributed by atoms with Crippen LogP contribution in [0.3, 0.4) is 0 Å². The van der Waals surface area contributed by atoms with Crippen molar-refractivity contribution in [1.29, 1.82) is 0 Å². The van der Waals surface area contributed by atoms with Gasteiger partial charge in [-0.2, -0.15) is 0 Å². The average Bonchev–Trinajstić information content (AvgIpc) is 2.88. The van der Waals surface area contributed by atoms with E-state index in [4.69, 9.17) is 9.84 Å². The van der Waals surface area contributed by atoms with E-state index in [0.29, 0.717) is 13.0 Å². The highest BCUT2D eigenvalue weighted by Gasteiger charge is 2.31. The molecule has 0 saturated heterocycles. The van der Waals surface area contributed by atoms with Gasteiger partial charge in [-0.3, -0.25) is 4.79 Å². The number of aryl methyl sites for hydroxylation is 2. The topological polar surface area (TPSA) is 66.8 Å². The summed E-state index contributed by atoms with van der Waals surface area (Å²) in [6, 6.07) is 6.92. The average molecular weight is 531 g/mol. The van der Waals surface area contributed by atoms with Gasteiger partial charge in [0, 0.05) is 18.3 Å². The number of aliphatic carboxylic acids is 1. The minimum atomic E-state index is -0.752. The van der Waals surface area contributed by atoms with Crippen molar-refractivity contribution in [2.45, 2.75) is 139 Å². The van der Waals surface area contributed by atoms with Crippen molar-refractivity contribution in [3.8, 4) is 0 Å². The Kier molecular flexibility index (Phi) is 17.3. The fourth-order valence-corrected chi connectivity index (χ4v) is 4.88. The van der Waals surface area contributed by atoms with E-state index in [1.807, 2.05) is 13.8 Å². The molecule has 0 aliphatic heterocycles. The van der Waals surface area contributed by atoms with E-state index in [9.17, 15) is 9.90 Å². The Hall–Kier alpha value is -2.07. The van der Waals surface area contributed by atoms with Crippen LogP contribution in [-0.2, 0) is 21.4 Å². The lowest BCUT2D eigenvalue weighted by atomic mass is 9.69. The van der Waals surface area contributed by atoms with E-state index in [-0.39, 0.29) is 23.4 Å². The molecule has 0 amide bonds. The van der Waals surface area contributed by atoms with Gasteiger partial charge in [0.25, 0.3) is 0 Å². The molecule has 1 aromatic rings. The number of aliphatic hydroxyl groups excluding tert-OH is 1. The molecule has 0 saturated carbocycles. The van der Waals surface area contributed by atoms with Gasteiger partial charge < -0.3 is 14.9 Å². The van der Waals surface area contributed by atoms with Crippen LogP contribution in [0.4, 0.5) is 0 Å². The predicted molar refractivity (Wildman–Crippen MR) is 163 cm³/mol. The van der Waals surface area contributed by atoms with Crippen LogP contribution in [0.15, 0.2) is 41.7 Å². The van der Waals surface area contributed by atoms with Crippen LogP contribution < -0.4 is 0 Å². The number of carbonyl (C=O) groups is 1. The van der Waals surface area contributed by atoms with Crippen molar-refractivity contribution < 1.29 is 19.7 Å². The highest BCUT2D eigenvalue weighted by atomic mass is 16.5. The number of hydrogen-bond donors (Lipinski definition) is 2. The predicted octanol–water partition coefficient (Wildman–Crippen LogP) is 9.32. The number of benzene rings is 1. The first-order valence-electron chi connectivity index (χ1n) is 14.9. The summed E-state index contributed by atoms with van der Waals surface area (Å²) in [5, 5.41) is 19.3. The minimum absolute atomic E-state index is 0.0280. The smallest absolute Gasteiger partial charge is 0.303 e. The Bertz CT molecular complexity index is 875. The second-order valence-corrected chi connectivity index (χ2v) is 11.3. The number of hydrogen-bond acceptors (Lipinski definition) is 3. The number of aliphatic hydroxyl groups is 1. The third-order valence-electron chi connectivity index (χ3n) is 7.56. The number of carboxylic acids is 1. The maximum Gasteiger partial charge on any atom is 0.303 e. The molecule has 0 aliphatic carbocycles. The van der Waals surface area contributed by atoms with Crippen LogP contribution in [0.1, 0.15) is 130 Å². The lowest BCUT2D eigenvalue weighted by Gasteiger charge is -2.35. The molecule has 218 valence electrons. The van der Waals surface area contributed by atoms with Gasteiger partial charge in [-0.1, -0.05) is 91.7 Å². The van der Waals surface area contributed by atoms with Crippen molar-refractivity contribution in [2.75, 3.05) is 6.61 Å². The summed E-state index contributed by atoms with van der Waals surface area (Å²) >= 11 is 0. The maximum atomic E-state index is 10.7. The van der Waals surface area contributed by atoms with Crippen LogP contribution in [0.25, 0.3) is 0 Å². The number of rotatable bonds is 16. The first-order chi connectivity index (χ1) is 17.9. The van der Waals surface area contributed by atoms with Gasteiger partial charge in [-0.25, -0.2) is 0 Å². The summed E-state index contributed by atoms with van der Waals surface area (Å²) in [7, 11) is 0. The van der Waals surface area contributed by atoms with E-state index < -0.39 is 5.97 Å². The molecule has 0 aromatic heterocycles. The largest absolute Gasteiger partial charge is 0.498 e. The molecule has 0 spiro atoms. The van der Waals surface area contributed by atoms with Crippen LogP contribution in [-0.4, -0.2) is 28.9 Å². The first kappa shape index (κ1) is 35.9. The van der Waals surface area contributed by atoms with Crippen molar-refractivity contribution in [3.63, 3.8) is 0 Å². The Labute approximate surface area is 234 Å². The first-order valence-corrected chi connectivity index (χ1v) is 14.9. The van der Waals surface area contributed by atoms with Gasteiger partial charge in [-0.05, 0) is 80.6 Å². The van der Waals surface area contributed by atoms with Crippen molar-refractivity contribution in [2.24, 2.45) is 5.41 Å². The van der Waals surface area contributed by atoms with E-state index in [1.165, 1.54) is 22.3 Å². The van der Waals surface area contributed by atoms with Gasteiger partial charge in [0.2, 0.25) is 0 Å². The minimum Gasteiger partial charge on any atom is -0.498 e. The van der Waals surface area contributed by atoms with Crippen molar-refractivity contribution in [3.05, 3.63) is 58.4 Å². The van der Waals surface area contributed by atoms with E-state index in [0.717, 1.165) is 50.7 Å². The van der Waals surface area contributed by atoms with E-state index >= 15 is 0 Å². The van der Waals surface area contributed by atoms with Gasteiger partial charge in [0.15, 0.2) is 0 Å². The molecule has 0 fully saturated rings. The molecule has 4 heteroatoms. The third-order valence-corrected chi connectivity index (χ3v) is 7.56. The van der Waals surface area contributed by atoms with E-state index in [2.05, 4.69) is 85.7 Å². The Balaban J connectivity index is 0.00000667. The molecule has 1 rings (SSSR count). The molecule has 4 nitrogen and oxygen atoms in total. The fraction of sp³-hybridized carbons (Fsp3) is 0.676. The summed E-state index contributed by atoms with van der Waals surface area (Å²) in [5.41, 5.74) is 5.18. The Morgan fingerprint density at radius 3 is 2.24 bits per heavy atom. The summed E-state index contributed by atoms with van der Waals surface area (Å²) in [6.07, 6.45) is 11.3. The van der Waals surface area contributed by atoms with Crippen molar-refractivity contribution >= 4 is 5.97 Å². The normalized spacial score (nSPS) is 14.8. The zero-order valence-corrected chi connectivity index (χ0v) is 26.2. The van der Waals surface area contributed by atoms with Gasteiger partial charge in [-0.15, -0.1) is 0 Å². The SMILES string of the molecule is CC.CCCC(CC)(/C(C)=C/C=C(\CC)OCCCCC(=O)O)c1ccc(CCC(O)C(C)(C)C)c(C)c1. The fourth-order valence-electron chi connectivity index (χ4n) is 4.88. The molecule has 2 unspecified atom stereocenters. The lowest BCUT2D eigenvalue weighted by Crippen LogP contribution is -2.27. The molecular formula is C34H58O4. The highest BCUT2D eigenvalue weighted by molar-refractivity contribution is 5.66. The molecule has 1 aromatic carbocycles. The molecular weight excluding hydrogens is 472 g/mol. The highest BCUT2D eigenvalue weighted by Crippen LogP contribution is 2.41. The molecule has 0 radical (unpaired) electrons. The van der Waals surface area contributed by atoms with Crippen LogP contribution >= 0.6 is 0 Å². The molecule has 0 bridgehead atoms. The second kappa shape index (κ2) is 18.3. The number of carboxylic acid groups (broad SMARTS) is 1. The summed E-state index contributed by atoms with van der Waals surface area (Å²) in [6.45, 7) is 21.9. The second-order valence-electron chi connectivity index (χ2n) is 11.3. The zero-order chi connectivity index (χ0) is 29.4. The Morgan fingerprint density at radius 2 is 1.74 bits per heavy atom. The zero-order valence-electron chi connectivity index (χ0n) is 26.2. The van der Waals surface area contributed by atoms with Crippen molar-refractivity contribution in [1.82, 2.24) is 0 Å². The number of unbranched alkanes of at least 4 members (excludes halogenated alkanes) is 1. The van der Waals surface area contributed by atoms with E-state index in [1.54, 1.807) is 0 Å². The van der Waals surface area contributed by atoms with Gasteiger partial charge >= 0.3 is 5.97 Å². The quantitative estimate of drug-likeness (QED) is 0.127. The summed E-state index contributed by atoms with van der Waals surface area (Å²) in [5.74, 6) is 0.188. The summed E-state index contributed by atoms with van der Waals surface area (Å²) in [4.78, 5) is 10.7. The number of ether oxygens (including phenoxy) is 1. The molecule has 2 atom stereocenters. The maximum absolute atomic E-state index is 10.7. The molecule has 0 heterocycles. The molecule has 2 N–H and O–H groups in total. The van der Waals surface area contributed by atoms with Gasteiger partial charge in [0.1, 0.15) is 0 Å². The number of allylic oxidation sites excluding steroid dienone is 4. The standard InChI is InChI=1S/C32H52O4.C2H6/c1-9-21-32(11-3,25(5)15-19-28(10-2)36-22-13-12-14-30(34)35)27-18-16-26(24(4)23-27)17-20-29(33)31(6,7)8;1-2/h15-16,18-19,23,29,33H,9-14,17,20-22H2,1-8H3,(H,34,35);1-2H3/b25-15+,28-19+;. The molecule has 0 aliphatic rings. The van der Waals surface area contributed by atoms with Crippen LogP contribution in [0, 0.1) is 12.3 Å². The van der Waals surface area contributed by atoms with Gasteiger partial charge in [0.05, 0.1) is 18.5 Å². The van der Waals surface area contributed by atoms with Crippen LogP contribution in [0.5, 0.6) is 0 Å². The summed E-state index contributed by atoms with van der Waals surface area (Å²) < 4.78 is 5.94. The lowest BCUT2D eigenvalue weighted by molar-refractivity contribution is -0.137. The Morgan fingerprint density at radius 1 is 1.08 bits per heavy atom. The molecule has 38 heavy (non-hydrogen) atoms.